The minimum absolute atomic E-state index is 0.139. The van der Waals surface area contributed by atoms with Gasteiger partial charge in [0.1, 0.15) is 5.75 Å². The fourth-order valence-corrected chi connectivity index (χ4v) is 1.64. The van der Waals surface area contributed by atoms with E-state index in [2.05, 4.69) is 15.8 Å². The number of carbonyl (C=O) groups excluding carboxylic acids is 3. The fourth-order valence-electron chi connectivity index (χ4n) is 1.64. The van der Waals surface area contributed by atoms with Crippen molar-refractivity contribution in [1.29, 1.82) is 0 Å². The minimum atomic E-state index is -1.39. The Morgan fingerprint density at radius 2 is 2.04 bits per heavy atom. The molecule has 23 heavy (non-hydrogen) atoms. The van der Waals surface area contributed by atoms with Crippen LogP contribution in [0, 0.1) is 0 Å². The molecule has 0 saturated heterocycles. The monoisotopic (exact) mass is 320 g/mol. The van der Waals surface area contributed by atoms with E-state index in [9.17, 15) is 19.5 Å². The predicted molar refractivity (Wildman–Crippen MR) is 81.0 cm³/mol. The number of carboxylic acids is 1. The van der Waals surface area contributed by atoms with Crippen LogP contribution in [-0.2, 0) is 9.59 Å². The summed E-state index contributed by atoms with van der Waals surface area (Å²) in [6.45, 7) is 2.38. The van der Waals surface area contributed by atoms with Crippen LogP contribution >= 0.6 is 0 Å². The van der Waals surface area contributed by atoms with E-state index in [1.165, 1.54) is 25.5 Å². The van der Waals surface area contributed by atoms with Crippen molar-refractivity contribution in [3.05, 3.63) is 29.3 Å². The third kappa shape index (κ3) is 5.77. The lowest BCUT2D eigenvalue weighted by atomic mass is 10.1. The highest BCUT2D eigenvalue weighted by Crippen LogP contribution is 2.18. The Balaban J connectivity index is 2.64. The fraction of sp³-hybridized carbons (Fsp3) is 0.333. The van der Waals surface area contributed by atoms with Crippen LogP contribution in [0.5, 0.6) is 5.75 Å². The number of methoxy groups -OCH3 is 1. The zero-order valence-corrected chi connectivity index (χ0v) is 12.9. The first kappa shape index (κ1) is 18.1. The summed E-state index contributed by atoms with van der Waals surface area (Å²) in [6.07, 6.45) is 2.89. The molecule has 8 nitrogen and oxygen atoms in total. The molecule has 2 amide bonds. The van der Waals surface area contributed by atoms with Crippen molar-refractivity contribution < 1.29 is 24.2 Å². The van der Waals surface area contributed by atoms with E-state index in [1.54, 1.807) is 6.07 Å². The van der Waals surface area contributed by atoms with Gasteiger partial charge in [-0.15, -0.1) is 0 Å². The lowest BCUT2D eigenvalue weighted by Crippen LogP contribution is -2.38. The second kappa shape index (κ2) is 9.19. The van der Waals surface area contributed by atoms with Crippen LogP contribution in [0.4, 0.5) is 0 Å². The van der Waals surface area contributed by atoms with Crippen LogP contribution in [0.3, 0.4) is 0 Å². The molecule has 1 rings (SSSR count). The van der Waals surface area contributed by atoms with Crippen LogP contribution < -0.4 is 20.6 Å². The number of aromatic carboxylic acids is 1. The Labute approximate surface area is 133 Å². The SMILES string of the molecule is CCCCNC(=O)C(=O)N/N=C\c1ccc(OC)c(C(=O)[O-])c1. The standard InChI is InChI=1S/C15H19N3O5/c1-3-4-7-16-13(19)14(20)18-17-9-10-5-6-12(23-2)11(8-10)15(21)22/h5-6,8-9H,3-4,7H2,1-2H3,(H,16,19)(H,18,20)(H,21,22)/p-1/b17-9-. The molecular formula is C15H18N3O5-. The van der Waals surface area contributed by atoms with Gasteiger partial charge in [-0.1, -0.05) is 13.3 Å². The summed E-state index contributed by atoms with van der Waals surface area (Å²) in [5.74, 6) is -2.91. The molecule has 8 heteroatoms. The summed E-state index contributed by atoms with van der Waals surface area (Å²) >= 11 is 0. The highest BCUT2D eigenvalue weighted by molar-refractivity contribution is 6.35. The Morgan fingerprint density at radius 1 is 1.30 bits per heavy atom. The molecule has 1 aromatic carbocycles. The lowest BCUT2D eigenvalue weighted by Gasteiger charge is -2.09. The number of rotatable bonds is 7. The number of carboxylic acid groups (broad SMARTS) is 1. The molecule has 0 aliphatic rings. The number of amides is 2. The zero-order valence-electron chi connectivity index (χ0n) is 12.9. The van der Waals surface area contributed by atoms with Crippen molar-refractivity contribution in [2.75, 3.05) is 13.7 Å². The maximum atomic E-state index is 11.4. The smallest absolute Gasteiger partial charge is 0.329 e. The van der Waals surface area contributed by atoms with E-state index in [0.29, 0.717) is 12.1 Å². The number of hydrogen-bond acceptors (Lipinski definition) is 6. The first-order chi connectivity index (χ1) is 11.0. The molecule has 0 aromatic heterocycles. The second-order valence-corrected chi connectivity index (χ2v) is 4.56. The maximum absolute atomic E-state index is 11.4. The third-order valence-electron chi connectivity index (χ3n) is 2.85. The molecule has 0 saturated carbocycles. The van der Waals surface area contributed by atoms with Crippen molar-refractivity contribution >= 4 is 24.0 Å². The van der Waals surface area contributed by atoms with Gasteiger partial charge in [-0.05, 0) is 30.2 Å². The highest BCUT2D eigenvalue weighted by atomic mass is 16.5. The van der Waals surface area contributed by atoms with Crippen LogP contribution in [-0.4, -0.2) is 37.7 Å². The van der Waals surface area contributed by atoms with Gasteiger partial charge in [0, 0.05) is 12.1 Å². The molecule has 0 aliphatic heterocycles. The second-order valence-electron chi connectivity index (χ2n) is 4.56. The number of nitrogens with zero attached hydrogens (tertiary/aromatic N) is 1. The molecule has 0 atom stereocenters. The Morgan fingerprint density at radius 3 is 2.65 bits per heavy atom. The summed E-state index contributed by atoms with van der Waals surface area (Å²) in [6, 6.07) is 4.26. The van der Waals surface area contributed by atoms with Crippen molar-refractivity contribution in [3.8, 4) is 5.75 Å². The van der Waals surface area contributed by atoms with E-state index in [0.717, 1.165) is 12.8 Å². The summed E-state index contributed by atoms with van der Waals surface area (Å²) in [7, 11) is 1.34. The molecule has 0 fully saturated rings. The molecule has 0 radical (unpaired) electrons. The summed E-state index contributed by atoms with van der Waals surface area (Å²) in [5.41, 5.74) is 2.32. The van der Waals surface area contributed by atoms with Gasteiger partial charge in [-0.25, -0.2) is 5.43 Å². The molecule has 1 aromatic rings. The van der Waals surface area contributed by atoms with Gasteiger partial charge in [0.25, 0.3) is 0 Å². The van der Waals surface area contributed by atoms with Gasteiger partial charge in [0.05, 0.1) is 19.3 Å². The van der Waals surface area contributed by atoms with Gasteiger partial charge in [-0.3, -0.25) is 9.59 Å². The first-order valence-corrected chi connectivity index (χ1v) is 7.00. The van der Waals surface area contributed by atoms with Crippen LogP contribution in [0.15, 0.2) is 23.3 Å². The zero-order chi connectivity index (χ0) is 17.2. The molecule has 2 N–H and O–H groups in total. The number of benzene rings is 1. The van der Waals surface area contributed by atoms with Crippen LogP contribution in [0.1, 0.15) is 35.7 Å². The van der Waals surface area contributed by atoms with Gasteiger partial charge in [0.2, 0.25) is 0 Å². The maximum Gasteiger partial charge on any atom is 0.329 e. The normalized spacial score (nSPS) is 10.3. The molecule has 0 spiro atoms. The van der Waals surface area contributed by atoms with E-state index in [1.807, 2.05) is 6.92 Å². The number of hydrogen-bond donors (Lipinski definition) is 2. The average Bonchev–Trinajstić information content (AvgIpc) is 2.54. The molecule has 0 aliphatic carbocycles. The van der Waals surface area contributed by atoms with Crippen molar-refractivity contribution in [2.45, 2.75) is 19.8 Å². The first-order valence-electron chi connectivity index (χ1n) is 7.00. The van der Waals surface area contributed by atoms with E-state index >= 15 is 0 Å². The van der Waals surface area contributed by atoms with Crippen molar-refractivity contribution in [2.24, 2.45) is 5.10 Å². The number of nitrogens with one attached hydrogen (secondary N) is 2. The number of carbonyl (C=O) groups is 3. The topological polar surface area (TPSA) is 120 Å². The third-order valence-corrected chi connectivity index (χ3v) is 2.85. The van der Waals surface area contributed by atoms with Gasteiger partial charge < -0.3 is 20.0 Å². The highest BCUT2D eigenvalue weighted by Gasteiger charge is 2.11. The van der Waals surface area contributed by atoms with E-state index < -0.39 is 17.8 Å². The van der Waals surface area contributed by atoms with Gasteiger partial charge >= 0.3 is 11.8 Å². The van der Waals surface area contributed by atoms with Crippen LogP contribution in [0.25, 0.3) is 0 Å². The average molecular weight is 320 g/mol. The van der Waals surface area contributed by atoms with E-state index in [-0.39, 0.29) is 11.3 Å². The quantitative estimate of drug-likeness (QED) is 0.301. The van der Waals surface area contributed by atoms with Crippen LogP contribution in [0.2, 0.25) is 0 Å². The number of ether oxygens (including phenoxy) is 1. The minimum Gasteiger partial charge on any atom is -0.545 e. The summed E-state index contributed by atoms with van der Waals surface area (Å²) in [5, 5.41) is 17.0. The number of unbranched alkanes of at least 4 members (excludes halogenated alkanes) is 1. The molecule has 0 bridgehead atoms. The predicted octanol–water partition coefficient (Wildman–Crippen LogP) is -0.575. The number of hydrazone groups is 1. The Bertz CT molecular complexity index is 613. The molecule has 124 valence electrons. The van der Waals surface area contributed by atoms with Gasteiger partial charge in [-0.2, -0.15) is 5.10 Å². The van der Waals surface area contributed by atoms with Crippen molar-refractivity contribution in [3.63, 3.8) is 0 Å². The Hall–Kier alpha value is -2.90. The summed E-state index contributed by atoms with van der Waals surface area (Å²) in [4.78, 5) is 33.8. The molecular weight excluding hydrogens is 302 g/mol. The Kier molecular flexibility index (Phi) is 7.25. The molecule has 0 unspecified atom stereocenters. The lowest BCUT2D eigenvalue weighted by molar-refractivity contribution is -0.255. The molecule has 0 heterocycles. The van der Waals surface area contributed by atoms with E-state index in [4.69, 9.17) is 4.74 Å². The largest absolute Gasteiger partial charge is 0.545 e. The summed E-state index contributed by atoms with van der Waals surface area (Å²) < 4.78 is 4.89. The van der Waals surface area contributed by atoms with Gasteiger partial charge in [0.15, 0.2) is 0 Å². The van der Waals surface area contributed by atoms with Crippen molar-refractivity contribution in [1.82, 2.24) is 10.7 Å².